The van der Waals surface area contributed by atoms with E-state index in [1.54, 1.807) is 12.1 Å². The van der Waals surface area contributed by atoms with Gasteiger partial charge in [-0.05, 0) is 30.7 Å². The lowest BCUT2D eigenvalue weighted by atomic mass is 10.1. The van der Waals surface area contributed by atoms with Crippen molar-refractivity contribution in [3.63, 3.8) is 0 Å². The fourth-order valence-electron chi connectivity index (χ4n) is 1.83. The minimum absolute atomic E-state index is 0.215. The molecular formula is C15H15F2N. The smallest absolute Gasteiger partial charge is 0.127 e. The van der Waals surface area contributed by atoms with Crippen molar-refractivity contribution in [3.05, 3.63) is 70.8 Å². The van der Waals surface area contributed by atoms with Crippen LogP contribution in [0.1, 0.15) is 16.7 Å². The SMILES string of the molecule is Cc1ccc(F)c(CNCc2cccc(F)c2)c1. The summed E-state index contributed by atoms with van der Waals surface area (Å²) in [7, 11) is 0. The lowest BCUT2D eigenvalue weighted by Gasteiger charge is -2.07. The van der Waals surface area contributed by atoms with Crippen molar-refractivity contribution in [2.45, 2.75) is 20.0 Å². The number of nitrogens with one attached hydrogen (secondary N) is 1. The lowest BCUT2D eigenvalue weighted by Crippen LogP contribution is -2.14. The molecule has 0 aliphatic carbocycles. The highest BCUT2D eigenvalue weighted by molar-refractivity contribution is 5.24. The molecule has 0 amide bonds. The van der Waals surface area contributed by atoms with Gasteiger partial charge in [0.2, 0.25) is 0 Å². The van der Waals surface area contributed by atoms with Crippen LogP contribution in [0.4, 0.5) is 8.78 Å². The summed E-state index contributed by atoms with van der Waals surface area (Å²) in [6.45, 7) is 2.88. The van der Waals surface area contributed by atoms with Crippen LogP contribution in [0, 0.1) is 18.6 Å². The molecule has 2 aromatic carbocycles. The van der Waals surface area contributed by atoms with Crippen molar-refractivity contribution in [2.24, 2.45) is 0 Å². The average molecular weight is 247 g/mol. The van der Waals surface area contributed by atoms with Crippen LogP contribution in [0.15, 0.2) is 42.5 Å². The fraction of sp³-hybridized carbons (Fsp3) is 0.200. The van der Waals surface area contributed by atoms with Crippen LogP contribution < -0.4 is 5.32 Å². The molecule has 0 aliphatic rings. The summed E-state index contributed by atoms with van der Waals surface area (Å²) in [5.41, 5.74) is 2.51. The Morgan fingerprint density at radius 2 is 1.83 bits per heavy atom. The largest absolute Gasteiger partial charge is 0.309 e. The Morgan fingerprint density at radius 1 is 1.00 bits per heavy atom. The van der Waals surface area contributed by atoms with Crippen LogP contribution in [0.2, 0.25) is 0 Å². The molecule has 18 heavy (non-hydrogen) atoms. The molecule has 0 unspecified atom stereocenters. The molecule has 0 radical (unpaired) electrons. The zero-order valence-electron chi connectivity index (χ0n) is 10.2. The zero-order valence-corrected chi connectivity index (χ0v) is 10.2. The number of benzene rings is 2. The average Bonchev–Trinajstić information content (AvgIpc) is 2.34. The molecule has 1 nitrogen and oxygen atoms in total. The normalized spacial score (nSPS) is 10.6. The molecular weight excluding hydrogens is 232 g/mol. The van der Waals surface area contributed by atoms with Gasteiger partial charge in [-0.2, -0.15) is 0 Å². The minimum atomic E-state index is -0.254. The van der Waals surface area contributed by atoms with E-state index in [4.69, 9.17) is 0 Å². The van der Waals surface area contributed by atoms with E-state index in [0.29, 0.717) is 18.7 Å². The predicted molar refractivity (Wildman–Crippen MR) is 68.1 cm³/mol. The van der Waals surface area contributed by atoms with Crippen LogP contribution in [0.3, 0.4) is 0 Å². The molecule has 0 spiro atoms. The maximum Gasteiger partial charge on any atom is 0.127 e. The Hall–Kier alpha value is -1.74. The summed E-state index contributed by atoms with van der Waals surface area (Å²) in [4.78, 5) is 0. The van der Waals surface area contributed by atoms with Crippen LogP contribution >= 0.6 is 0 Å². The highest BCUT2D eigenvalue weighted by Gasteiger charge is 2.02. The number of rotatable bonds is 4. The van der Waals surface area contributed by atoms with Gasteiger partial charge in [-0.25, -0.2) is 8.78 Å². The minimum Gasteiger partial charge on any atom is -0.309 e. The highest BCUT2D eigenvalue weighted by Crippen LogP contribution is 2.10. The van der Waals surface area contributed by atoms with Gasteiger partial charge in [0.05, 0.1) is 0 Å². The Kier molecular flexibility index (Phi) is 4.05. The second-order valence-corrected chi connectivity index (χ2v) is 4.33. The summed E-state index contributed by atoms with van der Waals surface area (Å²) < 4.78 is 26.4. The summed E-state index contributed by atoms with van der Waals surface area (Å²) in [6.07, 6.45) is 0. The van der Waals surface area contributed by atoms with E-state index in [-0.39, 0.29) is 11.6 Å². The van der Waals surface area contributed by atoms with E-state index >= 15 is 0 Å². The fourth-order valence-corrected chi connectivity index (χ4v) is 1.83. The number of aryl methyl sites for hydroxylation is 1. The molecule has 0 saturated carbocycles. The summed E-state index contributed by atoms with van der Waals surface area (Å²) in [6, 6.07) is 11.4. The molecule has 3 heteroatoms. The molecule has 94 valence electrons. The predicted octanol–water partition coefficient (Wildman–Crippen LogP) is 3.56. The van der Waals surface area contributed by atoms with E-state index in [1.807, 2.05) is 19.1 Å². The van der Waals surface area contributed by atoms with E-state index in [1.165, 1.54) is 18.2 Å². The van der Waals surface area contributed by atoms with Gasteiger partial charge >= 0.3 is 0 Å². The van der Waals surface area contributed by atoms with Gasteiger partial charge in [-0.1, -0.05) is 29.8 Å². The van der Waals surface area contributed by atoms with Gasteiger partial charge in [0.15, 0.2) is 0 Å². The molecule has 0 heterocycles. The van der Waals surface area contributed by atoms with Crippen molar-refractivity contribution in [1.82, 2.24) is 5.32 Å². The highest BCUT2D eigenvalue weighted by atomic mass is 19.1. The first-order valence-electron chi connectivity index (χ1n) is 5.85. The van der Waals surface area contributed by atoms with E-state index < -0.39 is 0 Å². The van der Waals surface area contributed by atoms with Crippen molar-refractivity contribution in [2.75, 3.05) is 0 Å². The maximum absolute atomic E-state index is 13.5. The molecule has 0 atom stereocenters. The molecule has 0 aliphatic heterocycles. The molecule has 1 N–H and O–H groups in total. The number of hydrogen-bond donors (Lipinski definition) is 1. The van der Waals surface area contributed by atoms with Crippen molar-refractivity contribution in [1.29, 1.82) is 0 Å². The van der Waals surface area contributed by atoms with Crippen LogP contribution in [-0.4, -0.2) is 0 Å². The maximum atomic E-state index is 13.5. The van der Waals surface area contributed by atoms with E-state index in [0.717, 1.165) is 11.1 Å². The third-order valence-corrected chi connectivity index (χ3v) is 2.73. The molecule has 2 rings (SSSR count). The first-order valence-corrected chi connectivity index (χ1v) is 5.85. The van der Waals surface area contributed by atoms with Crippen LogP contribution in [0.5, 0.6) is 0 Å². The van der Waals surface area contributed by atoms with E-state index in [2.05, 4.69) is 5.32 Å². The molecule has 0 bridgehead atoms. The summed E-state index contributed by atoms with van der Waals surface area (Å²) in [5.74, 6) is -0.469. The van der Waals surface area contributed by atoms with Gasteiger partial charge in [0, 0.05) is 18.7 Å². The third kappa shape index (κ3) is 3.37. The second-order valence-electron chi connectivity index (χ2n) is 4.33. The molecule has 0 saturated heterocycles. The third-order valence-electron chi connectivity index (χ3n) is 2.73. The van der Waals surface area contributed by atoms with Crippen molar-refractivity contribution in [3.8, 4) is 0 Å². The monoisotopic (exact) mass is 247 g/mol. The van der Waals surface area contributed by atoms with Gasteiger partial charge in [0.25, 0.3) is 0 Å². The van der Waals surface area contributed by atoms with Gasteiger partial charge in [-0.15, -0.1) is 0 Å². The van der Waals surface area contributed by atoms with Crippen molar-refractivity contribution < 1.29 is 8.78 Å². The first kappa shape index (κ1) is 12.7. The molecule has 2 aromatic rings. The standard InChI is InChI=1S/C15H15F2N/c1-11-5-6-15(17)13(7-11)10-18-9-12-3-2-4-14(16)8-12/h2-8,18H,9-10H2,1H3. The molecule has 0 aromatic heterocycles. The Morgan fingerprint density at radius 3 is 2.61 bits per heavy atom. The zero-order chi connectivity index (χ0) is 13.0. The first-order chi connectivity index (χ1) is 8.65. The summed E-state index contributed by atoms with van der Waals surface area (Å²) >= 11 is 0. The lowest BCUT2D eigenvalue weighted by molar-refractivity contribution is 0.585. The Labute approximate surface area is 105 Å². The topological polar surface area (TPSA) is 12.0 Å². The second kappa shape index (κ2) is 5.74. The molecule has 0 fully saturated rings. The van der Waals surface area contributed by atoms with Gasteiger partial charge < -0.3 is 5.32 Å². The van der Waals surface area contributed by atoms with Crippen LogP contribution in [0.25, 0.3) is 0 Å². The number of hydrogen-bond acceptors (Lipinski definition) is 1. The quantitative estimate of drug-likeness (QED) is 0.871. The van der Waals surface area contributed by atoms with Crippen molar-refractivity contribution >= 4 is 0 Å². The Balaban J connectivity index is 1.94. The Bertz CT molecular complexity index is 538. The van der Waals surface area contributed by atoms with Crippen LogP contribution in [-0.2, 0) is 13.1 Å². The van der Waals surface area contributed by atoms with Gasteiger partial charge in [-0.3, -0.25) is 0 Å². The summed E-state index contributed by atoms with van der Waals surface area (Å²) in [5, 5.41) is 3.11. The van der Waals surface area contributed by atoms with E-state index in [9.17, 15) is 8.78 Å². The van der Waals surface area contributed by atoms with Gasteiger partial charge in [0.1, 0.15) is 11.6 Å². The number of halogens is 2.